The van der Waals surface area contributed by atoms with E-state index in [0.29, 0.717) is 25.5 Å². The van der Waals surface area contributed by atoms with E-state index in [1.165, 1.54) is 0 Å². The molecule has 92 valence electrons. The summed E-state index contributed by atoms with van der Waals surface area (Å²) in [6, 6.07) is 5.57. The smallest absolute Gasteiger partial charge is 0.142 e. The predicted molar refractivity (Wildman–Crippen MR) is 64.8 cm³/mol. The van der Waals surface area contributed by atoms with Crippen LogP contribution in [0.25, 0.3) is 0 Å². The summed E-state index contributed by atoms with van der Waals surface area (Å²) in [5, 5.41) is 11.9. The van der Waals surface area contributed by atoms with E-state index in [1.54, 1.807) is 19.4 Å². The lowest BCUT2D eigenvalue weighted by Crippen LogP contribution is -2.08. The Balaban J connectivity index is 2.12. The third-order valence-electron chi connectivity index (χ3n) is 2.10. The third-order valence-corrected chi connectivity index (χ3v) is 2.10. The fourth-order valence-corrected chi connectivity index (χ4v) is 1.25. The van der Waals surface area contributed by atoms with Crippen molar-refractivity contribution in [2.75, 3.05) is 38.8 Å². The lowest BCUT2D eigenvalue weighted by Gasteiger charge is -2.06. The molecule has 0 saturated carbocycles. The van der Waals surface area contributed by atoms with Crippen molar-refractivity contribution in [3.8, 4) is 6.07 Å². The average molecular weight is 235 g/mol. The van der Waals surface area contributed by atoms with Gasteiger partial charge in [-0.2, -0.15) is 5.26 Å². The van der Waals surface area contributed by atoms with Gasteiger partial charge in [0.05, 0.1) is 13.2 Å². The summed E-state index contributed by atoms with van der Waals surface area (Å²) in [5.41, 5.74) is 1.33. The van der Waals surface area contributed by atoms with Gasteiger partial charge in [-0.25, -0.2) is 4.98 Å². The number of nitrogens with zero attached hydrogens (tertiary/aromatic N) is 2. The Labute approximate surface area is 101 Å². The van der Waals surface area contributed by atoms with Gasteiger partial charge in [0.25, 0.3) is 0 Å². The Morgan fingerprint density at radius 2 is 2.29 bits per heavy atom. The van der Waals surface area contributed by atoms with Gasteiger partial charge in [-0.15, -0.1) is 0 Å². The topological polar surface area (TPSA) is 67.2 Å². The van der Waals surface area contributed by atoms with E-state index in [-0.39, 0.29) is 0 Å². The maximum atomic E-state index is 8.68. The highest BCUT2D eigenvalue weighted by Crippen LogP contribution is 2.06. The molecular weight excluding hydrogens is 218 g/mol. The predicted octanol–water partition coefficient (Wildman–Crippen LogP) is 1.42. The van der Waals surface area contributed by atoms with E-state index in [9.17, 15) is 0 Å². The standard InChI is InChI=1S/C12H17N3O2/c1-16-7-8-17-6-2-4-14-11-3-5-15-12(9-11)10-13/h3,5,9H,2,4,6-8H2,1H3,(H,14,15). The van der Waals surface area contributed by atoms with Crippen LogP contribution in [-0.4, -0.2) is 38.5 Å². The zero-order chi connectivity index (χ0) is 12.3. The van der Waals surface area contributed by atoms with Crippen molar-refractivity contribution in [1.82, 2.24) is 4.98 Å². The van der Waals surface area contributed by atoms with Gasteiger partial charge in [-0.05, 0) is 18.6 Å². The minimum Gasteiger partial charge on any atom is -0.385 e. The number of nitriles is 1. The molecule has 0 aromatic carbocycles. The molecule has 1 aromatic heterocycles. The highest BCUT2D eigenvalue weighted by atomic mass is 16.5. The second-order valence-corrected chi connectivity index (χ2v) is 3.43. The summed E-state index contributed by atoms with van der Waals surface area (Å²) in [4.78, 5) is 3.90. The number of anilines is 1. The number of nitrogens with one attached hydrogen (secondary N) is 1. The van der Waals surface area contributed by atoms with Crippen LogP contribution in [0.3, 0.4) is 0 Å². The first-order valence-corrected chi connectivity index (χ1v) is 5.53. The SMILES string of the molecule is COCCOCCCNc1ccnc(C#N)c1. The molecule has 0 atom stereocenters. The van der Waals surface area contributed by atoms with Crippen molar-refractivity contribution in [2.24, 2.45) is 0 Å². The number of ether oxygens (including phenoxy) is 2. The first kappa shape index (κ1) is 13.4. The molecule has 0 aliphatic rings. The highest BCUT2D eigenvalue weighted by Gasteiger charge is 1.95. The molecule has 0 aliphatic carbocycles. The summed E-state index contributed by atoms with van der Waals surface area (Å²) in [7, 11) is 1.65. The normalized spacial score (nSPS) is 9.88. The van der Waals surface area contributed by atoms with E-state index in [2.05, 4.69) is 10.3 Å². The number of aromatic nitrogens is 1. The lowest BCUT2D eigenvalue weighted by molar-refractivity contribution is 0.0705. The molecule has 1 rings (SSSR count). The summed E-state index contributed by atoms with van der Waals surface area (Å²) in [5.74, 6) is 0. The Morgan fingerprint density at radius 3 is 3.06 bits per heavy atom. The fraction of sp³-hybridized carbons (Fsp3) is 0.500. The molecule has 5 heteroatoms. The Hall–Kier alpha value is -1.64. The summed E-state index contributed by atoms with van der Waals surface area (Å²) >= 11 is 0. The van der Waals surface area contributed by atoms with Crippen molar-refractivity contribution in [2.45, 2.75) is 6.42 Å². The van der Waals surface area contributed by atoms with Gasteiger partial charge in [0.2, 0.25) is 0 Å². The zero-order valence-electron chi connectivity index (χ0n) is 9.98. The third kappa shape index (κ3) is 5.85. The van der Waals surface area contributed by atoms with E-state index in [0.717, 1.165) is 18.7 Å². The summed E-state index contributed by atoms with van der Waals surface area (Å²) in [6.07, 6.45) is 2.53. The van der Waals surface area contributed by atoms with Crippen LogP contribution in [0.15, 0.2) is 18.3 Å². The Kier molecular flexibility index (Phi) is 6.72. The second-order valence-electron chi connectivity index (χ2n) is 3.43. The van der Waals surface area contributed by atoms with Gasteiger partial charge in [-0.3, -0.25) is 0 Å². The fourth-order valence-electron chi connectivity index (χ4n) is 1.25. The largest absolute Gasteiger partial charge is 0.385 e. The molecule has 1 heterocycles. The van der Waals surface area contributed by atoms with Crippen LogP contribution in [0.1, 0.15) is 12.1 Å². The molecule has 1 N–H and O–H groups in total. The first-order valence-electron chi connectivity index (χ1n) is 5.53. The van der Waals surface area contributed by atoms with Crippen LogP contribution in [0.2, 0.25) is 0 Å². The quantitative estimate of drug-likeness (QED) is 0.690. The molecule has 0 saturated heterocycles. The van der Waals surface area contributed by atoms with Crippen molar-refractivity contribution >= 4 is 5.69 Å². The van der Waals surface area contributed by atoms with Crippen molar-refractivity contribution in [1.29, 1.82) is 5.26 Å². The Bertz CT molecular complexity index is 363. The average Bonchev–Trinajstić information content (AvgIpc) is 2.38. The second kappa shape index (κ2) is 8.50. The molecule has 0 aliphatic heterocycles. The van der Waals surface area contributed by atoms with Gasteiger partial charge < -0.3 is 14.8 Å². The number of rotatable bonds is 8. The molecule has 0 radical (unpaired) electrons. The number of pyridine rings is 1. The molecular formula is C12H17N3O2. The van der Waals surface area contributed by atoms with Gasteiger partial charge in [0, 0.05) is 32.1 Å². The van der Waals surface area contributed by atoms with E-state index in [1.807, 2.05) is 12.1 Å². The first-order chi connectivity index (χ1) is 8.36. The van der Waals surface area contributed by atoms with E-state index >= 15 is 0 Å². The zero-order valence-corrected chi connectivity index (χ0v) is 9.98. The van der Waals surface area contributed by atoms with Crippen molar-refractivity contribution in [3.05, 3.63) is 24.0 Å². The lowest BCUT2D eigenvalue weighted by atomic mass is 10.3. The van der Waals surface area contributed by atoms with E-state index < -0.39 is 0 Å². The van der Waals surface area contributed by atoms with Crippen LogP contribution in [0.4, 0.5) is 5.69 Å². The van der Waals surface area contributed by atoms with Gasteiger partial charge in [0.1, 0.15) is 11.8 Å². The molecule has 0 fully saturated rings. The molecule has 0 bridgehead atoms. The maximum Gasteiger partial charge on any atom is 0.142 e. The molecule has 5 nitrogen and oxygen atoms in total. The number of hydrogen-bond donors (Lipinski definition) is 1. The van der Waals surface area contributed by atoms with Crippen LogP contribution in [-0.2, 0) is 9.47 Å². The monoisotopic (exact) mass is 235 g/mol. The van der Waals surface area contributed by atoms with Gasteiger partial charge in [0.15, 0.2) is 0 Å². The summed E-state index contributed by atoms with van der Waals surface area (Å²) in [6.45, 7) is 2.77. The molecule has 17 heavy (non-hydrogen) atoms. The van der Waals surface area contributed by atoms with Crippen LogP contribution >= 0.6 is 0 Å². The van der Waals surface area contributed by atoms with Crippen LogP contribution in [0.5, 0.6) is 0 Å². The van der Waals surface area contributed by atoms with Gasteiger partial charge in [-0.1, -0.05) is 0 Å². The molecule has 0 spiro atoms. The van der Waals surface area contributed by atoms with Gasteiger partial charge >= 0.3 is 0 Å². The maximum absolute atomic E-state index is 8.68. The van der Waals surface area contributed by atoms with Crippen LogP contribution in [0, 0.1) is 11.3 Å². The highest BCUT2D eigenvalue weighted by molar-refractivity contribution is 5.45. The number of methoxy groups -OCH3 is 1. The molecule has 0 amide bonds. The molecule has 0 unspecified atom stereocenters. The van der Waals surface area contributed by atoms with E-state index in [4.69, 9.17) is 14.7 Å². The minimum absolute atomic E-state index is 0.423. The summed E-state index contributed by atoms with van der Waals surface area (Å²) < 4.78 is 10.2. The number of hydrogen-bond acceptors (Lipinski definition) is 5. The Morgan fingerprint density at radius 1 is 1.41 bits per heavy atom. The molecule has 1 aromatic rings. The van der Waals surface area contributed by atoms with Crippen LogP contribution < -0.4 is 5.32 Å². The van der Waals surface area contributed by atoms with Crippen molar-refractivity contribution < 1.29 is 9.47 Å². The van der Waals surface area contributed by atoms with Crippen molar-refractivity contribution in [3.63, 3.8) is 0 Å². The minimum atomic E-state index is 0.423.